The fourth-order valence-corrected chi connectivity index (χ4v) is 9.87. The van der Waals surface area contributed by atoms with Crippen LogP contribution < -0.4 is 0 Å². The van der Waals surface area contributed by atoms with E-state index in [0.29, 0.717) is 49.0 Å². The van der Waals surface area contributed by atoms with E-state index in [0.717, 1.165) is 59.1 Å². The van der Waals surface area contributed by atoms with Gasteiger partial charge in [-0.25, -0.2) is 0 Å². The van der Waals surface area contributed by atoms with E-state index in [-0.39, 0.29) is 37.2 Å². The molecule has 4 aliphatic rings. The third kappa shape index (κ3) is 20.1. The maximum Gasteiger partial charge on any atom is 0.307 e. The van der Waals surface area contributed by atoms with Crippen LogP contribution in [0.5, 0.6) is 0 Å². The molecule has 0 spiro atoms. The van der Waals surface area contributed by atoms with Crippen LogP contribution in [0.1, 0.15) is 172 Å². The third-order valence-electron chi connectivity index (χ3n) is 14.3. The molecule has 2 unspecified atom stereocenters. The lowest BCUT2D eigenvalue weighted by Crippen LogP contribution is -2.39. The zero-order chi connectivity index (χ0) is 52.8. The molecule has 0 aromatic carbocycles. The molecule has 0 aromatic rings. The van der Waals surface area contributed by atoms with Crippen LogP contribution >= 0.6 is 0 Å². The van der Waals surface area contributed by atoms with E-state index in [4.69, 9.17) is 18.9 Å². The minimum atomic E-state index is -0.882. The Kier molecular flexibility index (Phi) is 23.9. The largest absolute Gasteiger partial charge is 0.465 e. The number of ether oxygens (including phenoxy) is 4. The lowest BCUT2D eigenvalue weighted by molar-refractivity contribution is -0.158. The quantitative estimate of drug-likeness (QED) is 0.0585. The van der Waals surface area contributed by atoms with E-state index in [1.807, 2.05) is 140 Å². The summed E-state index contributed by atoms with van der Waals surface area (Å²) >= 11 is 0. The summed E-state index contributed by atoms with van der Waals surface area (Å²) in [5.41, 5.74) is 6.32. The first-order valence-corrected chi connectivity index (χ1v) is 26.4. The van der Waals surface area contributed by atoms with Gasteiger partial charge in [-0.05, 0) is 112 Å². The smallest absolute Gasteiger partial charge is 0.307 e. The first kappa shape index (κ1) is 58.9. The Morgan fingerprint density at radius 1 is 0.472 bits per heavy atom. The van der Waals surface area contributed by atoms with Gasteiger partial charge in [0, 0.05) is 12.8 Å². The van der Waals surface area contributed by atoms with Crippen LogP contribution in [-0.4, -0.2) is 60.9 Å². The summed E-state index contributed by atoms with van der Waals surface area (Å²) in [5.74, 6) is -1.53. The number of carbonyl (C=O) groups excluding carboxylic acids is 6. The van der Waals surface area contributed by atoms with Gasteiger partial charge in [-0.3, -0.25) is 28.8 Å². The van der Waals surface area contributed by atoms with Gasteiger partial charge in [0.1, 0.15) is 0 Å². The molecule has 0 heterocycles. The molecule has 0 aromatic heterocycles. The van der Waals surface area contributed by atoms with Crippen LogP contribution in [0.25, 0.3) is 0 Å². The van der Waals surface area contributed by atoms with Gasteiger partial charge in [0.25, 0.3) is 0 Å². The number of allylic oxidation sites excluding steroid dienone is 20. The Balaban J connectivity index is 1.20. The zero-order valence-electron chi connectivity index (χ0n) is 45.2. The van der Waals surface area contributed by atoms with E-state index < -0.39 is 46.9 Å². The van der Waals surface area contributed by atoms with Gasteiger partial charge in [0.15, 0.2) is 23.8 Å². The fraction of sp³-hybridized carbons (Fsp3) is 0.548. The number of carbonyl (C=O) groups is 6. The number of Topliss-reactive ketones (excluding diaryl/α,β-unsaturated/α-hetero) is 2. The molecule has 392 valence electrons. The van der Waals surface area contributed by atoms with Crippen molar-refractivity contribution in [2.75, 3.05) is 13.2 Å². The van der Waals surface area contributed by atoms with Crippen molar-refractivity contribution in [1.82, 2.24) is 0 Å². The van der Waals surface area contributed by atoms with Crippen molar-refractivity contribution < 1.29 is 47.7 Å². The average molecular weight is 989 g/mol. The lowest BCUT2D eigenvalue weighted by Gasteiger charge is -2.36. The predicted molar refractivity (Wildman–Crippen MR) is 286 cm³/mol. The van der Waals surface area contributed by atoms with Crippen LogP contribution in [0.3, 0.4) is 0 Å². The van der Waals surface area contributed by atoms with Crippen LogP contribution in [0.15, 0.2) is 130 Å². The van der Waals surface area contributed by atoms with Gasteiger partial charge >= 0.3 is 23.9 Å². The van der Waals surface area contributed by atoms with Gasteiger partial charge in [0.05, 0.1) is 38.9 Å². The van der Waals surface area contributed by atoms with Crippen molar-refractivity contribution in [3.8, 4) is 0 Å². The summed E-state index contributed by atoms with van der Waals surface area (Å²) < 4.78 is 22.0. The summed E-state index contributed by atoms with van der Waals surface area (Å²) in [6.45, 7) is 20.6. The number of ketones is 2. The Hall–Kier alpha value is -5.64. The topological polar surface area (TPSA) is 139 Å². The summed E-state index contributed by atoms with van der Waals surface area (Å²) in [6, 6.07) is 0. The molecular weight excluding hydrogens is 905 g/mol. The summed E-state index contributed by atoms with van der Waals surface area (Å²) in [7, 11) is 0. The van der Waals surface area contributed by atoms with Crippen molar-refractivity contribution in [2.24, 2.45) is 22.7 Å². The molecule has 4 aliphatic carbocycles. The van der Waals surface area contributed by atoms with Crippen LogP contribution in [0, 0.1) is 22.7 Å². The Morgan fingerprint density at radius 3 is 1.15 bits per heavy atom. The Labute approximate surface area is 431 Å². The van der Waals surface area contributed by atoms with Crippen LogP contribution in [0.2, 0.25) is 0 Å². The first-order chi connectivity index (χ1) is 34.1. The summed E-state index contributed by atoms with van der Waals surface area (Å²) in [6.07, 6.45) is 38.2. The van der Waals surface area contributed by atoms with Crippen molar-refractivity contribution in [3.63, 3.8) is 0 Å². The SMILES string of the molecule is CC(C=CC=C(C)C=CC1=C(C)C(=O)C(OC(=O)CCC(=O)OCC2CCCCC2)CC1(C)C)=CC=CC=C(C)C=CC=C(C)C=CC1=C(C)C(=O)C(OC(=O)CCC(=O)OCC2CCCCC2)CC1(C)C. The minimum absolute atomic E-state index is 0.0529. The molecular formula is C62H84O10. The third-order valence-corrected chi connectivity index (χ3v) is 14.3. The average Bonchev–Trinajstić information content (AvgIpc) is 3.33. The second-order valence-corrected chi connectivity index (χ2v) is 21.7. The van der Waals surface area contributed by atoms with Gasteiger partial charge < -0.3 is 18.9 Å². The highest BCUT2D eigenvalue weighted by molar-refractivity contribution is 6.02. The molecule has 0 bridgehead atoms. The molecule has 0 N–H and O–H groups in total. The molecule has 10 heteroatoms. The number of esters is 4. The first-order valence-electron chi connectivity index (χ1n) is 26.4. The Bertz CT molecular complexity index is 2140. The lowest BCUT2D eigenvalue weighted by atomic mass is 9.71. The highest BCUT2D eigenvalue weighted by atomic mass is 16.6. The molecule has 10 nitrogen and oxygen atoms in total. The molecule has 0 saturated heterocycles. The highest BCUT2D eigenvalue weighted by Crippen LogP contribution is 2.42. The fourth-order valence-electron chi connectivity index (χ4n) is 9.87. The van der Waals surface area contributed by atoms with E-state index in [1.54, 1.807) is 13.8 Å². The molecule has 0 amide bonds. The van der Waals surface area contributed by atoms with Crippen LogP contribution in [0.4, 0.5) is 0 Å². The van der Waals surface area contributed by atoms with Gasteiger partial charge in [0.2, 0.25) is 0 Å². The standard InChI is InChI=1S/C62H84O10/c1-43(23-19-25-45(3)31-33-51-47(5)59(67)53(39-61(51,7)8)71-57(65)37-35-55(63)69-41-49-27-13-11-14-28-49)21-17-18-22-44(2)24-20-26-46(4)32-34-52-48(6)60(68)54(40-62(52,9)10)72-58(66)38-36-56(64)70-42-50-29-15-12-16-30-50/h17-26,31-34,49-50,53-54H,11-16,27-30,35-42H2,1-10H3. The predicted octanol–water partition coefficient (Wildman–Crippen LogP) is 13.8. The molecule has 0 aliphatic heterocycles. The number of hydrogen-bond acceptors (Lipinski definition) is 10. The normalized spacial score (nSPS) is 22.3. The number of hydrogen-bond donors (Lipinski definition) is 0. The van der Waals surface area contributed by atoms with Crippen molar-refractivity contribution in [2.45, 2.75) is 184 Å². The van der Waals surface area contributed by atoms with E-state index in [2.05, 4.69) is 0 Å². The van der Waals surface area contributed by atoms with Crippen LogP contribution in [-0.2, 0) is 47.7 Å². The molecule has 2 saturated carbocycles. The highest BCUT2D eigenvalue weighted by Gasteiger charge is 2.41. The van der Waals surface area contributed by atoms with Crippen molar-refractivity contribution in [1.29, 1.82) is 0 Å². The molecule has 2 atom stereocenters. The molecule has 72 heavy (non-hydrogen) atoms. The second-order valence-electron chi connectivity index (χ2n) is 21.7. The minimum Gasteiger partial charge on any atom is -0.465 e. The Morgan fingerprint density at radius 2 is 0.792 bits per heavy atom. The van der Waals surface area contributed by atoms with Gasteiger partial charge in [-0.15, -0.1) is 0 Å². The van der Waals surface area contributed by atoms with Gasteiger partial charge in [-0.1, -0.05) is 174 Å². The molecule has 2 fully saturated rings. The maximum absolute atomic E-state index is 13.3. The monoisotopic (exact) mass is 989 g/mol. The van der Waals surface area contributed by atoms with Gasteiger partial charge in [-0.2, -0.15) is 0 Å². The van der Waals surface area contributed by atoms with Crippen molar-refractivity contribution >= 4 is 35.4 Å². The maximum atomic E-state index is 13.3. The summed E-state index contributed by atoms with van der Waals surface area (Å²) in [5, 5.41) is 0. The van der Waals surface area contributed by atoms with Crippen molar-refractivity contribution in [3.05, 3.63) is 130 Å². The van der Waals surface area contributed by atoms with E-state index in [1.165, 1.54) is 38.5 Å². The number of rotatable bonds is 22. The molecule has 4 rings (SSSR count). The zero-order valence-corrected chi connectivity index (χ0v) is 45.2. The molecule has 0 radical (unpaired) electrons. The van der Waals surface area contributed by atoms with E-state index in [9.17, 15) is 28.8 Å². The summed E-state index contributed by atoms with van der Waals surface area (Å²) in [4.78, 5) is 76.5. The van der Waals surface area contributed by atoms with E-state index >= 15 is 0 Å². The second kappa shape index (κ2) is 29.2.